The van der Waals surface area contributed by atoms with Gasteiger partial charge in [-0.2, -0.15) is 0 Å². The number of nitrogens with two attached hydrogens (primary N) is 1. The number of likely N-dealkylation sites (N-methyl/N-ethyl adjacent to an activating group) is 1. The average molecular weight is 246 g/mol. The van der Waals surface area contributed by atoms with Gasteiger partial charge < -0.3 is 10.6 Å². The Balaban J connectivity index is 2.54. The van der Waals surface area contributed by atoms with Crippen LogP contribution in [0.25, 0.3) is 0 Å². The van der Waals surface area contributed by atoms with Crippen molar-refractivity contribution in [3.63, 3.8) is 0 Å². The maximum Gasteiger partial charge on any atom is 0.237 e. The van der Waals surface area contributed by atoms with Gasteiger partial charge in [-0.05, 0) is 44.4 Å². The van der Waals surface area contributed by atoms with Crippen molar-refractivity contribution in [1.82, 2.24) is 0 Å². The molecule has 3 nitrogen and oxygen atoms in total. The second-order valence-corrected chi connectivity index (χ2v) is 5.47. The molecule has 0 bridgehead atoms. The van der Waals surface area contributed by atoms with E-state index in [1.807, 2.05) is 37.8 Å². The monoisotopic (exact) mass is 246 g/mol. The third-order valence-electron chi connectivity index (χ3n) is 3.95. The molecule has 3 heteroatoms. The summed E-state index contributed by atoms with van der Waals surface area (Å²) in [5, 5.41) is 0. The molecule has 1 atom stereocenters. The summed E-state index contributed by atoms with van der Waals surface area (Å²) in [6.07, 6.45) is 0.907. The van der Waals surface area contributed by atoms with Gasteiger partial charge in [0.15, 0.2) is 0 Å². The Bertz CT molecular complexity index is 479. The molecule has 0 saturated heterocycles. The highest BCUT2D eigenvalue weighted by Gasteiger charge is 2.43. The van der Waals surface area contributed by atoms with Crippen LogP contribution in [0.5, 0.6) is 0 Å². The predicted molar refractivity (Wildman–Crippen MR) is 74.7 cm³/mol. The molecular weight excluding hydrogens is 224 g/mol. The molecule has 1 amide bonds. The van der Waals surface area contributed by atoms with Crippen LogP contribution in [0.1, 0.15) is 51.3 Å². The number of amides is 1. The molecule has 1 aromatic rings. The van der Waals surface area contributed by atoms with Gasteiger partial charge in [0, 0.05) is 18.3 Å². The van der Waals surface area contributed by atoms with Crippen LogP contribution in [0.15, 0.2) is 18.2 Å². The average Bonchev–Trinajstić information content (AvgIpc) is 2.56. The third kappa shape index (κ3) is 1.74. The van der Waals surface area contributed by atoms with Gasteiger partial charge in [0.05, 0.1) is 5.41 Å². The van der Waals surface area contributed by atoms with E-state index in [0.29, 0.717) is 6.54 Å². The number of rotatable bonds is 3. The number of anilines is 1. The topological polar surface area (TPSA) is 46.3 Å². The van der Waals surface area contributed by atoms with Crippen molar-refractivity contribution in [3.05, 3.63) is 29.3 Å². The standard InChI is InChI=1S/C15H22N2O/c1-5-12(16)10-7-8-13-11(9-10)15(3,4)14(18)17(13)6-2/h7-9,12H,5-6,16H2,1-4H3. The minimum absolute atomic E-state index is 0.0527. The van der Waals surface area contributed by atoms with Crippen LogP contribution in [0.2, 0.25) is 0 Å². The fourth-order valence-electron chi connectivity index (χ4n) is 2.63. The van der Waals surface area contributed by atoms with Crippen LogP contribution in [-0.4, -0.2) is 12.5 Å². The number of nitrogens with zero attached hydrogens (tertiary/aromatic N) is 1. The van der Waals surface area contributed by atoms with Gasteiger partial charge in [-0.1, -0.05) is 19.1 Å². The Morgan fingerprint density at radius 3 is 2.56 bits per heavy atom. The molecule has 0 saturated carbocycles. The summed E-state index contributed by atoms with van der Waals surface area (Å²) in [7, 11) is 0. The number of fused-ring (bicyclic) bond motifs is 1. The Morgan fingerprint density at radius 2 is 2.00 bits per heavy atom. The van der Waals surface area contributed by atoms with Gasteiger partial charge in [0.25, 0.3) is 0 Å². The summed E-state index contributed by atoms with van der Waals surface area (Å²) < 4.78 is 0. The van der Waals surface area contributed by atoms with E-state index in [9.17, 15) is 4.79 Å². The zero-order valence-electron chi connectivity index (χ0n) is 11.7. The molecule has 0 aliphatic carbocycles. The Hall–Kier alpha value is -1.35. The summed E-state index contributed by atoms with van der Waals surface area (Å²) >= 11 is 0. The van der Waals surface area contributed by atoms with E-state index < -0.39 is 5.41 Å². The molecular formula is C15H22N2O. The van der Waals surface area contributed by atoms with E-state index in [1.165, 1.54) is 0 Å². The van der Waals surface area contributed by atoms with Crippen molar-refractivity contribution in [1.29, 1.82) is 0 Å². The largest absolute Gasteiger partial charge is 0.324 e. The smallest absolute Gasteiger partial charge is 0.237 e. The van der Waals surface area contributed by atoms with Crippen LogP contribution >= 0.6 is 0 Å². The maximum absolute atomic E-state index is 12.4. The first-order valence-electron chi connectivity index (χ1n) is 6.65. The first-order valence-corrected chi connectivity index (χ1v) is 6.65. The van der Waals surface area contributed by atoms with Gasteiger partial charge in [-0.3, -0.25) is 4.79 Å². The molecule has 98 valence electrons. The molecule has 0 fully saturated rings. The molecule has 0 radical (unpaired) electrons. The first kappa shape index (κ1) is 13.1. The molecule has 2 rings (SSSR count). The maximum atomic E-state index is 12.4. The van der Waals surface area contributed by atoms with E-state index in [0.717, 1.165) is 23.2 Å². The number of hydrogen-bond donors (Lipinski definition) is 1. The van der Waals surface area contributed by atoms with Crippen LogP contribution in [0, 0.1) is 0 Å². The molecule has 1 aliphatic heterocycles. The highest BCUT2D eigenvalue weighted by molar-refractivity contribution is 6.07. The predicted octanol–water partition coefficient (Wildman–Crippen LogP) is 2.74. The summed E-state index contributed by atoms with van der Waals surface area (Å²) in [5.74, 6) is 0.183. The quantitative estimate of drug-likeness (QED) is 0.891. The lowest BCUT2D eigenvalue weighted by molar-refractivity contribution is -0.122. The first-order chi connectivity index (χ1) is 8.43. The van der Waals surface area contributed by atoms with Gasteiger partial charge >= 0.3 is 0 Å². The van der Waals surface area contributed by atoms with Gasteiger partial charge in [-0.15, -0.1) is 0 Å². The second kappa shape index (κ2) is 4.39. The number of hydrogen-bond acceptors (Lipinski definition) is 2. The highest BCUT2D eigenvalue weighted by atomic mass is 16.2. The molecule has 18 heavy (non-hydrogen) atoms. The van der Waals surface area contributed by atoms with Crippen molar-refractivity contribution in [2.45, 2.75) is 45.6 Å². The zero-order valence-corrected chi connectivity index (χ0v) is 11.7. The van der Waals surface area contributed by atoms with Crippen molar-refractivity contribution >= 4 is 11.6 Å². The molecule has 1 unspecified atom stereocenters. The Morgan fingerprint density at radius 1 is 1.33 bits per heavy atom. The Kier molecular flexibility index (Phi) is 3.20. The Labute approximate surface area is 109 Å². The van der Waals surface area contributed by atoms with E-state index in [2.05, 4.69) is 13.0 Å². The number of benzene rings is 1. The second-order valence-electron chi connectivity index (χ2n) is 5.47. The lowest BCUT2D eigenvalue weighted by atomic mass is 9.84. The SMILES string of the molecule is CCC(N)c1ccc2c(c1)C(C)(C)C(=O)N2CC. The van der Waals surface area contributed by atoms with E-state index in [4.69, 9.17) is 5.73 Å². The lowest BCUT2D eigenvalue weighted by Gasteiger charge is -2.18. The minimum Gasteiger partial charge on any atom is -0.324 e. The minimum atomic E-state index is -0.436. The highest BCUT2D eigenvalue weighted by Crippen LogP contribution is 2.42. The van der Waals surface area contributed by atoms with E-state index in [-0.39, 0.29) is 11.9 Å². The molecule has 1 heterocycles. The van der Waals surface area contributed by atoms with Gasteiger partial charge in [0.1, 0.15) is 0 Å². The van der Waals surface area contributed by atoms with E-state index >= 15 is 0 Å². The summed E-state index contributed by atoms with van der Waals surface area (Å²) in [6.45, 7) is 8.78. The van der Waals surface area contributed by atoms with Crippen molar-refractivity contribution in [2.24, 2.45) is 5.73 Å². The summed E-state index contributed by atoms with van der Waals surface area (Å²) in [4.78, 5) is 14.2. The molecule has 1 aliphatic rings. The zero-order chi connectivity index (χ0) is 13.5. The van der Waals surface area contributed by atoms with E-state index in [1.54, 1.807) is 0 Å². The molecule has 0 aromatic heterocycles. The third-order valence-corrected chi connectivity index (χ3v) is 3.95. The van der Waals surface area contributed by atoms with Gasteiger partial charge in [-0.25, -0.2) is 0 Å². The molecule has 2 N–H and O–H groups in total. The molecule has 1 aromatic carbocycles. The van der Waals surface area contributed by atoms with Crippen LogP contribution < -0.4 is 10.6 Å². The van der Waals surface area contributed by atoms with Gasteiger partial charge in [0.2, 0.25) is 5.91 Å². The van der Waals surface area contributed by atoms with Crippen molar-refractivity contribution in [2.75, 3.05) is 11.4 Å². The van der Waals surface area contributed by atoms with Crippen LogP contribution in [0.3, 0.4) is 0 Å². The summed E-state index contributed by atoms with van der Waals surface area (Å²) in [6, 6.07) is 6.24. The fourth-order valence-corrected chi connectivity index (χ4v) is 2.63. The lowest BCUT2D eigenvalue weighted by Crippen LogP contribution is -2.35. The van der Waals surface area contributed by atoms with Crippen molar-refractivity contribution < 1.29 is 4.79 Å². The molecule has 0 spiro atoms. The van der Waals surface area contributed by atoms with Crippen LogP contribution in [0.4, 0.5) is 5.69 Å². The number of carbonyl (C=O) groups is 1. The van der Waals surface area contributed by atoms with Crippen LogP contribution in [-0.2, 0) is 10.2 Å². The number of carbonyl (C=O) groups excluding carboxylic acids is 1. The fraction of sp³-hybridized carbons (Fsp3) is 0.533. The summed E-state index contributed by atoms with van der Waals surface area (Å²) in [5.41, 5.74) is 8.91. The van der Waals surface area contributed by atoms with Crippen molar-refractivity contribution in [3.8, 4) is 0 Å². The normalized spacial score (nSPS) is 18.9.